The summed E-state index contributed by atoms with van der Waals surface area (Å²) >= 11 is 0. The molecule has 1 aliphatic heterocycles. The largest absolute Gasteiger partial charge is 0.377 e. The summed E-state index contributed by atoms with van der Waals surface area (Å²) < 4.78 is 7.37. The van der Waals surface area contributed by atoms with Gasteiger partial charge in [0.25, 0.3) is 5.91 Å². The molecule has 1 fully saturated rings. The molecule has 2 aromatic rings. The lowest BCUT2D eigenvalue weighted by atomic mass is 10.2. The van der Waals surface area contributed by atoms with Gasteiger partial charge in [0, 0.05) is 30.7 Å². The summed E-state index contributed by atoms with van der Waals surface area (Å²) in [6.07, 6.45) is 1.77. The van der Waals surface area contributed by atoms with E-state index in [-0.39, 0.29) is 11.9 Å². The molecule has 118 valence electrons. The van der Waals surface area contributed by atoms with Gasteiger partial charge in [-0.25, -0.2) is 4.98 Å². The molecule has 0 spiro atoms. The van der Waals surface area contributed by atoms with Gasteiger partial charge in [-0.3, -0.25) is 9.48 Å². The molecule has 1 N–H and O–H groups in total. The molecule has 2 aromatic heterocycles. The Bertz CT molecular complexity index is 675. The van der Waals surface area contributed by atoms with E-state index < -0.39 is 0 Å². The van der Waals surface area contributed by atoms with Gasteiger partial charge in [-0.05, 0) is 26.8 Å². The third kappa shape index (κ3) is 2.64. The van der Waals surface area contributed by atoms with Gasteiger partial charge in [-0.1, -0.05) is 0 Å². The molecule has 7 nitrogen and oxygen atoms in total. The van der Waals surface area contributed by atoms with Crippen molar-refractivity contribution < 1.29 is 9.53 Å². The highest BCUT2D eigenvalue weighted by atomic mass is 16.5. The standard InChI is InChI=1S/C15H21N5O2/c1-4-20-11(3)7-12(18-20)15(21)19-5-6-22-9-13(19)14-16-8-10(2)17-14/h7-8,13H,4-6,9H2,1-3H3,(H,16,17). The third-order valence-corrected chi connectivity index (χ3v) is 3.93. The van der Waals surface area contributed by atoms with Crippen LogP contribution in [0, 0.1) is 13.8 Å². The minimum atomic E-state index is -0.193. The first-order chi connectivity index (χ1) is 10.6. The number of aryl methyl sites for hydroxylation is 3. The Hall–Kier alpha value is -2.15. The SMILES string of the molecule is CCn1nc(C(=O)N2CCOCC2c2ncc(C)[nH]2)cc1C. The molecule has 1 atom stereocenters. The predicted molar refractivity (Wildman–Crippen MR) is 80.6 cm³/mol. The van der Waals surface area contributed by atoms with E-state index >= 15 is 0 Å². The molecule has 0 aliphatic carbocycles. The van der Waals surface area contributed by atoms with Gasteiger partial charge < -0.3 is 14.6 Å². The van der Waals surface area contributed by atoms with Crippen LogP contribution in [-0.2, 0) is 11.3 Å². The second-order valence-electron chi connectivity index (χ2n) is 5.53. The average molecular weight is 303 g/mol. The molecule has 0 saturated carbocycles. The van der Waals surface area contributed by atoms with E-state index in [4.69, 9.17) is 4.74 Å². The monoisotopic (exact) mass is 303 g/mol. The van der Waals surface area contributed by atoms with Crippen molar-refractivity contribution in [1.29, 1.82) is 0 Å². The summed E-state index contributed by atoms with van der Waals surface area (Å²) in [5.41, 5.74) is 2.44. The molecule has 0 bridgehead atoms. The molecular weight excluding hydrogens is 282 g/mol. The quantitative estimate of drug-likeness (QED) is 0.931. The molecule has 1 amide bonds. The number of carbonyl (C=O) groups is 1. The number of nitrogens with one attached hydrogen (secondary N) is 1. The second kappa shape index (κ2) is 5.92. The fourth-order valence-corrected chi connectivity index (χ4v) is 2.76. The minimum absolute atomic E-state index is 0.0716. The summed E-state index contributed by atoms with van der Waals surface area (Å²) in [6, 6.07) is 1.65. The van der Waals surface area contributed by atoms with Crippen LogP contribution in [0.5, 0.6) is 0 Å². The maximum Gasteiger partial charge on any atom is 0.275 e. The van der Waals surface area contributed by atoms with Crippen molar-refractivity contribution >= 4 is 5.91 Å². The highest BCUT2D eigenvalue weighted by Gasteiger charge is 2.32. The zero-order valence-corrected chi connectivity index (χ0v) is 13.2. The fourth-order valence-electron chi connectivity index (χ4n) is 2.76. The van der Waals surface area contributed by atoms with Crippen molar-refractivity contribution in [2.45, 2.75) is 33.4 Å². The highest BCUT2D eigenvalue weighted by Crippen LogP contribution is 2.24. The molecule has 7 heteroatoms. The smallest absolute Gasteiger partial charge is 0.275 e. The van der Waals surface area contributed by atoms with Crippen LogP contribution in [0.4, 0.5) is 0 Å². The number of nitrogens with zero attached hydrogens (tertiary/aromatic N) is 4. The zero-order valence-electron chi connectivity index (χ0n) is 13.2. The van der Waals surface area contributed by atoms with Crippen molar-refractivity contribution in [2.75, 3.05) is 19.8 Å². The first-order valence-electron chi connectivity index (χ1n) is 7.54. The second-order valence-corrected chi connectivity index (χ2v) is 5.53. The Morgan fingerprint density at radius 1 is 1.50 bits per heavy atom. The van der Waals surface area contributed by atoms with Crippen LogP contribution in [0.15, 0.2) is 12.3 Å². The molecule has 3 rings (SSSR count). The molecule has 1 aliphatic rings. The molecule has 1 unspecified atom stereocenters. The third-order valence-electron chi connectivity index (χ3n) is 3.93. The van der Waals surface area contributed by atoms with Gasteiger partial charge in [0.2, 0.25) is 0 Å². The van der Waals surface area contributed by atoms with Crippen LogP contribution in [0.2, 0.25) is 0 Å². The normalized spacial score (nSPS) is 18.7. The van der Waals surface area contributed by atoms with Crippen LogP contribution in [0.25, 0.3) is 0 Å². The van der Waals surface area contributed by atoms with Crippen molar-refractivity contribution in [3.63, 3.8) is 0 Å². The first kappa shape index (κ1) is 14.8. The van der Waals surface area contributed by atoms with Gasteiger partial charge >= 0.3 is 0 Å². The number of carbonyl (C=O) groups excluding carboxylic acids is 1. The van der Waals surface area contributed by atoms with Gasteiger partial charge in [-0.15, -0.1) is 0 Å². The van der Waals surface area contributed by atoms with E-state index in [2.05, 4.69) is 15.1 Å². The average Bonchev–Trinajstić information content (AvgIpc) is 3.12. The molecular formula is C15H21N5O2. The maximum atomic E-state index is 12.8. The maximum absolute atomic E-state index is 12.8. The van der Waals surface area contributed by atoms with Gasteiger partial charge in [0.1, 0.15) is 11.9 Å². The summed E-state index contributed by atoms with van der Waals surface area (Å²) in [4.78, 5) is 22.2. The van der Waals surface area contributed by atoms with Crippen LogP contribution >= 0.6 is 0 Å². The number of hydrogen-bond donors (Lipinski definition) is 1. The van der Waals surface area contributed by atoms with E-state index in [0.717, 1.165) is 23.8 Å². The number of aromatic amines is 1. The Balaban J connectivity index is 1.87. The summed E-state index contributed by atoms with van der Waals surface area (Å²) in [5, 5.41) is 4.39. The van der Waals surface area contributed by atoms with E-state index in [1.54, 1.807) is 11.1 Å². The lowest BCUT2D eigenvalue weighted by Crippen LogP contribution is -2.44. The first-order valence-corrected chi connectivity index (χ1v) is 7.54. The Morgan fingerprint density at radius 2 is 2.32 bits per heavy atom. The molecule has 0 aromatic carbocycles. The van der Waals surface area contributed by atoms with E-state index in [9.17, 15) is 4.79 Å². The number of amides is 1. The Labute approximate surface area is 129 Å². The summed E-state index contributed by atoms with van der Waals surface area (Å²) in [6.45, 7) is 8.20. The van der Waals surface area contributed by atoms with E-state index in [1.165, 1.54) is 0 Å². The fraction of sp³-hybridized carbons (Fsp3) is 0.533. The lowest BCUT2D eigenvalue weighted by Gasteiger charge is -2.33. The van der Waals surface area contributed by atoms with Crippen molar-refractivity contribution in [2.24, 2.45) is 0 Å². The Kier molecular flexibility index (Phi) is 3.98. The van der Waals surface area contributed by atoms with Crippen LogP contribution in [-0.4, -0.2) is 50.3 Å². The number of ether oxygens (including phenoxy) is 1. The topological polar surface area (TPSA) is 76.0 Å². The predicted octanol–water partition coefficient (Wildman–Crippen LogP) is 1.46. The van der Waals surface area contributed by atoms with E-state index in [1.807, 2.05) is 31.5 Å². The molecule has 0 radical (unpaired) electrons. The van der Waals surface area contributed by atoms with Crippen molar-refractivity contribution in [1.82, 2.24) is 24.6 Å². The molecule has 3 heterocycles. The van der Waals surface area contributed by atoms with Crippen LogP contribution in [0.3, 0.4) is 0 Å². The zero-order chi connectivity index (χ0) is 15.7. The summed E-state index contributed by atoms with van der Waals surface area (Å²) in [5.74, 6) is 0.690. The number of H-pyrrole nitrogens is 1. The Morgan fingerprint density at radius 3 is 2.95 bits per heavy atom. The van der Waals surface area contributed by atoms with Gasteiger partial charge in [0.15, 0.2) is 5.69 Å². The summed E-state index contributed by atoms with van der Waals surface area (Å²) in [7, 11) is 0. The number of aromatic nitrogens is 4. The number of hydrogen-bond acceptors (Lipinski definition) is 4. The number of rotatable bonds is 3. The van der Waals surface area contributed by atoms with E-state index in [0.29, 0.717) is 25.5 Å². The van der Waals surface area contributed by atoms with Crippen molar-refractivity contribution in [3.05, 3.63) is 35.2 Å². The van der Waals surface area contributed by atoms with Gasteiger partial charge in [-0.2, -0.15) is 5.10 Å². The van der Waals surface area contributed by atoms with Gasteiger partial charge in [0.05, 0.1) is 13.2 Å². The minimum Gasteiger partial charge on any atom is -0.377 e. The van der Waals surface area contributed by atoms with Crippen LogP contribution < -0.4 is 0 Å². The molecule has 22 heavy (non-hydrogen) atoms. The lowest BCUT2D eigenvalue weighted by molar-refractivity contribution is -0.00535. The highest BCUT2D eigenvalue weighted by molar-refractivity contribution is 5.92. The van der Waals surface area contributed by atoms with Crippen LogP contribution in [0.1, 0.15) is 40.7 Å². The number of morpholine rings is 1. The molecule has 1 saturated heterocycles. The number of imidazole rings is 1. The van der Waals surface area contributed by atoms with Crippen molar-refractivity contribution in [3.8, 4) is 0 Å².